The van der Waals surface area contributed by atoms with Gasteiger partial charge in [0, 0.05) is 45.5 Å². The molecule has 6 rings (SSSR count). The third kappa shape index (κ3) is 3.12. The Bertz CT molecular complexity index is 1180. The van der Waals surface area contributed by atoms with E-state index in [-0.39, 0.29) is 11.3 Å². The highest BCUT2D eigenvalue weighted by Crippen LogP contribution is 2.50. The zero-order valence-corrected chi connectivity index (χ0v) is 19.4. The highest BCUT2D eigenvalue weighted by Gasteiger charge is 2.50. The Kier molecular flexibility index (Phi) is 4.46. The molecular weight excluding hydrogens is 452 g/mol. The first kappa shape index (κ1) is 19.4. The van der Waals surface area contributed by atoms with Crippen LogP contribution >= 0.6 is 15.9 Å². The van der Waals surface area contributed by atoms with Crippen LogP contribution in [-0.2, 0) is 23.1 Å². The summed E-state index contributed by atoms with van der Waals surface area (Å²) in [7, 11) is 1.74. The smallest absolute Gasteiger partial charge is 0.225 e. The maximum Gasteiger partial charge on any atom is 0.225 e. The van der Waals surface area contributed by atoms with Crippen LogP contribution in [0.15, 0.2) is 46.9 Å². The SMILES string of the molecule is COc1cccc([C@]23CCN(C(=O)C4CC4)CC2Cc2c([nH]c4ccc(Br)cc24)C3)c1. The van der Waals surface area contributed by atoms with Gasteiger partial charge in [-0.2, -0.15) is 0 Å². The largest absolute Gasteiger partial charge is 0.497 e. The highest BCUT2D eigenvalue weighted by atomic mass is 79.9. The van der Waals surface area contributed by atoms with E-state index in [0.29, 0.717) is 11.8 Å². The molecule has 1 unspecified atom stereocenters. The summed E-state index contributed by atoms with van der Waals surface area (Å²) in [5.74, 6) is 1.98. The lowest BCUT2D eigenvalue weighted by atomic mass is 9.58. The van der Waals surface area contributed by atoms with Gasteiger partial charge in [0.15, 0.2) is 0 Å². The van der Waals surface area contributed by atoms with Crippen LogP contribution < -0.4 is 4.74 Å². The van der Waals surface area contributed by atoms with Crippen molar-refractivity contribution < 1.29 is 9.53 Å². The van der Waals surface area contributed by atoms with Crippen LogP contribution in [0.3, 0.4) is 0 Å². The number of nitrogens with one attached hydrogen (secondary N) is 1. The third-order valence-corrected chi connectivity index (χ3v) is 8.33. The number of amides is 1. The number of aromatic nitrogens is 1. The average Bonchev–Trinajstić information content (AvgIpc) is 3.59. The number of likely N-dealkylation sites (tertiary alicyclic amines) is 1. The maximum absolute atomic E-state index is 12.9. The fraction of sp³-hybridized carbons (Fsp3) is 0.423. The van der Waals surface area contributed by atoms with Crippen LogP contribution in [0.2, 0.25) is 0 Å². The fourth-order valence-electron chi connectivity index (χ4n) is 5.99. The van der Waals surface area contributed by atoms with Crippen molar-refractivity contribution >= 4 is 32.7 Å². The van der Waals surface area contributed by atoms with E-state index < -0.39 is 0 Å². The predicted molar refractivity (Wildman–Crippen MR) is 125 cm³/mol. The summed E-state index contributed by atoms with van der Waals surface area (Å²) >= 11 is 3.65. The Balaban J connectivity index is 1.46. The lowest BCUT2D eigenvalue weighted by Crippen LogP contribution is -2.55. The molecule has 160 valence electrons. The van der Waals surface area contributed by atoms with E-state index in [1.165, 1.54) is 27.7 Å². The number of methoxy groups -OCH3 is 1. The Hall–Kier alpha value is -2.27. The zero-order chi connectivity index (χ0) is 21.2. The Morgan fingerprint density at radius 2 is 2.10 bits per heavy atom. The standard InChI is InChI=1S/C26H27BrN2O2/c1-31-20-4-2-3-17(11-20)26-9-10-29(25(30)16-5-6-16)15-18(26)12-21-22-13-19(27)7-8-23(22)28-24(21)14-26/h2-4,7-8,11,13,16,18,28H,5-6,9-10,12,14-15H2,1H3/t18?,26-/m1/s1. The number of rotatable bonds is 3. The highest BCUT2D eigenvalue weighted by molar-refractivity contribution is 9.10. The number of ether oxygens (including phenoxy) is 1. The first-order valence-electron chi connectivity index (χ1n) is 11.3. The van der Waals surface area contributed by atoms with Gasteiger partial charge in [-0.3, -0.25) is 4.79 Å². The second kappa shape index (κ2) is 7.13. The number of fused-ring (bicyclic) bond motifs is 4. The number of carbonyl (C=O) groups is 1. The zero-order valence-electron chi connectivity index (χ0n) is 17.8. The van der Waals surface area contributed by atoms with Crippen LogP contribution in [0.1, 0.15) is 36.1 Å². The van der Waals surface area contributed by atoms with Crippen molar-refractivity contribution in [1.82, 2.24) is 9.88 Å². The van der Waals surface area contributed by atoms with E-state index in [0.717, 1.165) is 55.4 Å². The van der Waals surface area contributed by atoms with Crippen molar-refractivity contribution in [3.63, 3.8) is 0 Å². The number of nitrogens with zero attached hydrogens (tertiary/aromatic N) is 1. The molecule has 4 nitrogen and oxygen atoms in total. The lowest BCUT2D eigenvalue weighted by Gasteiger charge is -2.51. The first-order valence-corrected chi connectivity index (χ1v) is 12.1. The summed E-state index contributed by atoms with van der Waals surface area (Å²) in [6, 6.07) is 15.1. The van der Waals surface area contributed by atoms with Crippen LogP contribution in [-0.4, -0.2) is 36.0 Å². The molecule has 2 heterocycles. The second-order valence-corrected chi connectivity index (χ2v) is 10.5. The van der Waals surface area contributed by atoms with Gasteiger partial charge < -0.3 is 14.6 Å². The van der Waals surface area contributed by atoms with Gasteiger partial charge in [0.2, 0.25) is 5.91 Å². The number of piperidine rings is 1. The number of benzene rings is 2. The third-order valence-electron chi connectivity index (χ3n) is 7.83. The minimum atomic E-state index is 0.0278. The number of hydrogen-bond acceptors (Lipinski definition) is 2. The van der Waals surface area contributed by atoms with Gasteiger partial charge in [-0.05, 0) is 79.5 Å². The molecule has 1 aromatic heterocycles. The molecule has 3 aliphatic rings. The topological polar surface area (TPSA) is 45.3 Å². The van der Waals surface area contributed by atoms with E-state index in [2.05, 4.69) is 62.2 Å². The molecule has 2 atom stereocenters. The normalized spacial score (nSPS) is 25.2. The molecule has 5 heteroatoms. The summed E-state index contributed by atoms with van der Waals surface area (Å²) in [6.07, 6.45) is 5.13. The quantitative estimate of drug-likeness (QED) is 0.559. The van der Waals surface area contributed by atoms with Gasteiger partial charge >= 0.3 is 0 Å². The van der Waals surface area contributed by atoms with Crippen LogP contribution in [0.5, 0.6) is 5.75 Å². The van der Waals surface area contributed by atoms with Gasteiger partial charge in [0.05, 0.1) is 7.11 Å². The van der Waals surface area contributed by atoms with E-state index in [9.17, 15) is 4.79 Å². The Labute approximate surface area is 191 Å². The molecule has 0 spiro atoms. The van der Waals surface area contributed by atoms with Crippen molar-refractivity contribution in [3.8, 4) is 5.75 Å². The number of H-pyrrole nitrogens is 1. The minimum absolute atomic E-state index is 0.0278. The molecule has 0 bridgehead atoms. The van der Waals surface area contributed by atoms with Crippen LogP contribution in [0.25, 0.3) is 10.9 Å². The van der Waals surface area contributed by atoms with Crippen LogP contribution in [0, 0.1) is 11.8 Å². The predicted octanol–water partition coefficient (Wildman–Crippen LogP) is 5.23. The number of halogens is 1. The Morgan fingerprint density at radius 3 is 2.90 bits per heavy atom. The van der Waals surface area contributed by atoms with E-state index >= 15 is 0 Å². The molecule has 1 N–H and O–H groups in total. The van der Waals surface area contributed by atoms with Crippen LogP contribution in [0.4, 0.5) is 0 Å². The molecule has 0 radical (unpaired) electrons. The van der Waals surface area contributed by atoms with Gasteiger partial charge in [0.25, 0.3) is 0 Å². The summed E-state index contributed by atoms with van der Waals surface area (Å²) in [5.41, 5.74) is 5.37. The van der Waals surface area contributed by atoms with Gasteiger partial charge in [0.1, 0.15) is 5.75 Å². The fourth-order valence-corrected chi connectivity index (χ4v) is 6.35. The van der Waals surface area contributed by atoms with Crippen molar-refractivity contribution in [2.75, 3.05) is 20.2 Å². The van der Waals surface area contributed by atoms with E-state index in [1.807, 2.05) is 6.07 Å². The van der Waals surface area contributed by atoms with E-state index in [4.69, 9.17) is 4.74 Å². The molecule has 1 saturated carbocycles. The number of carbonyl (C=O) groups excluding carboxylic acids is 1. The van der Waals surface area contributed by atoms with Crippen molar-refractivity contribution in [2.45, 2.75) is 37.5 Å². The van der Waals surface area contributed by atoms with Crippen molar-refractivity contribution in [1.29, 1.82) is 0 Å². The van der Waals surface area contributed by atoms with Gasteiger partial charge in [-0.15, -0.1) is 0 Å². The van der Waals surface area contributed by atoms with Gasteiger partial charge in [-0.1, -0.05) is 28.1 Å². The molecule has 2 aliphatic carbocycles. The second-order valence-electron chi connectivity index (χ2n) is 9.55. The molecule has 2 fully saturated rings. The average molecular weight is 479 g/mol. The molecule has 3 aromatic rings. The summed E-state index contributed by atoms with van der Waals surface area (Å²) < 4.78 is 6.69. The first-order chi connectivity index (χ1) is 15.1. The molecule has 1 saturated heterocycles. The number of hydrogen-bond donors (Lipinski definition) is 1. The van der Waals surface area contributed by atoms with Crippen molar-refractivity contribution in [3.05, 3.63) is 63.8 Å². The molecule has 1 amide bonds. The molecular formula is C26H27BrN2O2. The lowest BCUT2D eigenvalue weighted by molar-refractivity contribution is -0.135. The number of aromatic amines is 1. The summed E-state index contributed by atoms with van der Waals surface area (Å²) in [6.45, 7) is 1.71. The summed E-state index contributed by atoms with van der Waals surface area (Å²) in [4.78, 5) is 18.8. The Morgan fingerprint density at radius 1 is 1.23 bits per heavy atom. The summed E-state index contributed by atoms with van der Waals surface area (Å²) in [5, 5.41) is 1.31. The monoisotopic (exact) mass is 478 g/mol. The molecule has 31 heavy (non-hydrogen) atoms. The molecule has 1 aliphatic heterocycles. The maximum atomic E-state index is 12.9. The van der Waals surface area contributed by atoms with Crippen molar-refractivity contribution in [2.24, 2.45) is 11.8 Å². The van der Waals surface area contributed by atoms with E-state index in [1.54, 1.807) is 7.11 Å². The van der Waals surface area contributed by atoms with Gasteiger partial charge in [-0.25, -0.2) is 0 Å². The minimum Gasteiger partial charge on any atom is -0.497 e. The molecule has 2 aromatic carbocycles.